The number of carbonyl (C=O) groups is 9. The van der Waals surface area contributed by atoms with E-state index in [1.807, 2.05) is 13.8 Å². The largest absolute Gasteiger partial charge is 0.544 e. The maximum atomic E-state index is 13.7. The quantitative estimate of drug-likeness (QED) is 0.0565. The highest BCUT2D eigenvalue weighted by Crippen LogP contribution is 2.34. The van der Waals surface area contributed by atoms with E-state index in [0.29, 0.717) is 6.42 Å². The summed E-state index contributed by atoms with van der Waals surface area (Å²) in [7, 11) is 0. The Kier molecular flexibility index (Phi) is 24.3. The molecule has 4 rings (SSSR count). The van der Waals surface area contributed by atoms with Crippen molar-refractivity contribution in [2.24, 2.45) is 17.8 Å². The third-order valence-corrected chi connectivity index (χ3v) is 12.1. The molecule has 81 heavy (non-hydrogen) atoms. The Hall–Kier alpha value is -7.53. The molecule has 3 unspecified atom stereocenters. The predicted molar refractivity (Wildman–Crippen MR) is 269 cm³/mol. The lowest BCUT2D eigenvalue weighted by molar-refractivity contribution is -0.338. The number of ether oxygens (including phenoxy) is 6. The monoisotopic (exact) mass is 1150 g/mol. The maximum Gasteiger partial charge on any atom is 0.338 e. The summed E-state index contributed by atoms with van der Waals surface area (Å²) >= 11 is 0. The van der Waals surface area contributed by atoms with Crippen LogP contribution in [0.15, 0.2) is 72.8 Å². The minimum absolute atomic E-state index is 0.0940. The molecule has 0 radical (unpaired) electrons. The minimum atomic E-state index is -4.33. The van der Waals surface area contributed by atoms with Gasteiger partial charge >= 0.3 is 53.6 Å². The highest BCUT2D eigenvalue weighted by atomic mass is 19.3. The lowest BCUT2D eigenvalue weighted by Gasteiger charge is -2.30. The molecular weight excluding hydrogens is 1090 g/mol. The van der Waals surface area contributed by atoms with Gasteiger partial charge in [0.05, 0.1) is 33.4 Å². The third-order valence-electron chi connectivity index (χ3n) is 12.1. The van der Waals surface area contributed by atoms with Crippen molar-refractivity contribution in [1.82, 2.24) is 0 Å². The number of rotatable bonds is 21. The third kappa shape index (κ3) is 20.2. The molecule has 0 heterocycles. The van der Waals surface area contributed by atoms with Gasteiger partial charge in [0.15, 0.2) is 18.3 Å². The summed E-state index contributed by atoms with van der Waals surface area (Å²) < 4.78 is 112. The molecule has 448 valence electrons. The van der Waals surface area contributed by atoms with E-state index in [0.717, 1.165) is 25.7 Å². The Labute approximate surface area is 464 Å². The zero-order valence-electron chi connectivity index (χ0n) is 47.0. The molecular formula is C57H67F6O18-3. The molecule has 0 N–H and O–H groups in total. The lowest BCUT2D eigenvalue weighted by atomic mass is 10.0. The van der Waals surface area contributed by atoms with E-state index >= 15 is 0 Å². The Morgan fingerprint density at radius 1 is 0.444 bits per heavy atom. The molecule has 18 nitrogen and oxygen atoms in total. The number of benzene rings is 3. The van der Waals surface area contributed by atoms with Crippen LogP contribution in [-0.2, 0) is 42.8 Å². The van der Waals surface area contributed by atoms with Crippen molar-refractivity contribution in [3.05, 3.63) is 106 Å². The summed E-state index contributed by atoms with van der Waals surface area (Å²) in [4.78, 5) is 104. The van der Waals surface area contributed by atoms with E-state index in [4.69, 9.17) is 23.7 Å². The van der Waals surface area contributed by atoms with Crippen molar-refractivity contribution < 1.29 is 113 Å². The van der Waals surface area contributed by atoms with Crippen LogP contribution in [0.4, 0.5) is 26.3 Å². The molecule has 0 spiro atoms. The number of hydrogen-bond acceptors (Lipinski definition) is 18. The van der Waals surface area contributed by atoms with Crippen LogP contribution >= 0.6 is 0 Å². The normalized spacial score (nSPS) is 14.6. The van der Waals surface area contributed by atoms with Crippen LogP contribution in [0.25, 0.3) is 0 Å². The van der Waals surface area contributed by atoms with Crippen LogP contribution in [0.1, 0.15) is 184 Å². The Balaban J connectivity index is 0.000000415. The van der Waals surface area contributed by atoms with Gasteiger partial charge in [-0.15, -0.1) is 0 Å². The Morgan fingerprint density at radius 3 is 0.901 bits per heavy atom. The summed E-state index contributed by atoms with van der Waals surface area (Å²) in [5.74, 6) is -28.9. The van der Waals surface area contributed by atoms with E-state index in [-0.39, 0.29) is 33.4 Å². The highest BCUT2D eigenvalue weighted by Gasteiger charge is 2.48. The van der Waals surface area contributed by atoms with Crippen LogP contribution in [0.5, 0.6) is 0 Å². The smallest absolute Gasteiger partial charge is 0.338 e. The molecule has 24 heteroatoms. The Bertz CT molecular complexity index is 2690. The van der Waals surface area contributed by atoms with Gasteiger partial charge in [-0.3, -0.25) is 0 Å². The van der Waals surface area contributed by atoms with Crippen molar-refractivity contribution in [3.8, 4) is 0 Å². The maximum absolute atomic E-state index is 13.7. The molecule has 0 bridgehead atoms. The molecule has 3 aromatic rings. The van der Waals surface area contributed by atoms with E-state index in [2.05, 4.69) is 4.74 Å². The number of carboxylic acid groups (broad SMARTS) is 3. The van der Waals surface area contributed by atoms with Gasteiger partial charge in [-0.05, 0) is 164 Å². The molecule has 3 aromatic carbocycles. The first-order valence-corrected chi connectivity index (χ1v) is 25.4. The molecule has 1 aliphatic rings. The van der Waals surface area contributed by atoms with E-state index in [1.54, 1.807) is 34.6 Å². The fourth-order valence-electron chi connectivity index (χ4n) is 7.24. The lowest BCUT2D eigenvalue weighted by Crippen LogP contribution is -2.53. The molecule has 0 aromatic heterocycles. The Morgan fingerprint density at radius 2 is 0.679 bits per heavy atom. The van der Waals surface area contributed by atoms with Gasteiger partial charge < -0.3 is 58.1 Å². The summed E-state index contributed by atoms with van der Waals surface area (Å²) in [6, 6.07) is 15.1. The fraction of sp³-hybridized carbons (Fsp3) is 0.526. The average Bonchev–Trinajstić information content (AvgIpc) is 3.80. The van der Waals surface area contributed by atoms with E-state index < -0.39 is 124 Å². The number of aliphatic carboxylic acids is 3. The van der Waals surface area contributed by atoms with Crippen molar-refractivity contribution >= 4 is 53.7 Å². The minimum Gasteiger partial charge on any atom is -0.544 e. The van der Waals surface area contributed by atoms with Crippen LogP contribution < -0.4 is 15.3 Å². The second kappa shape index (κ2) is 28.3. The van der Waals surface area contributed by atoms with Gasteiger partial charge in [0, 0.05) is 0 Å². The number of carboxylic acids is 3. The van der Waals surface area contributed by atoms with Gasteiger partial charge in [-0.1, -0.05) is 48.5 Å². The molecule has 1 fully saturated rings. The van der Waals surface area contributed by atoms with E-state index in [1.165, 1.54) is 114 Å². The topological polar surface area (TPSA) is 278 Å². The van der Waals surface area contributed by atoms with Gasteiger partial charge in [-0.25, -0.2) is 28.8 Å². The summed E-state index contributed by atoms with van der Waals surface area (Å²) in [6.45, 7) is 20.1. The second-order valence-corrected chi connectivity index (χ2v) is 21.7. The SMILES string of the molecule is CC(C)C(OC(=O)c1ccc(C(=O)OC(C)(C)C)cc1)C(F)(F)C(=O)[O-].CC(C)C(OC(=O)c1ccc(C(=O)OC2(C)CCCC2)cc1)C(F)(F)C(=O)[O-].CCC(C)(C)OC(=O)c1ccc(C(=O)OC(C(C)C)C(F)(F)C(=O)[O-])cc1. The number of carbonyl (C=O) groups excluding carboxylic acids is 9. The second-order valence-electron chi connectivity index (χ2n) is 21.7. The molecule has 0 saturated heterocycles. The van der Waals surface area contributed by atoms with Crippen molar-refractivity contribution in [1.29, 1.82) is 0 Å². The van der Waals surface area contributed by atoms with Crippen LogP contribution in [0.3, 0.4) is 0 Å². The predicted octanol–water partition coefficient (Wildman–Crippen LogP) is 7.55. The van der Waals surface area contributed by atoms with Gasteiger partial charge in [0.2, 0.25) is 0 Å². The first kappa shape index (κ1) is 69.6. The fourth-order valence-corrected chi connectivity index (χ4v) is 7.24. The van der Waals surface area contributed by atoms with E-state index in [9.17, 15) is 84.8 Å². The zero-order valence-corrected chi connectivity index (χ0v) is 47.0. The molecule has 0 aliphatic heterocycles. The van der Waals surface area contributed by atoms with Crippen LogP contribution in [0.2, 0.25) is 0 Å². The zero-order chi connectivity index (χ0) is 62.4. The van der Waals surface area contributed by atoms with Gasteiger partial charge in [-0.2, -0.15) is 26.3 Å². The summed E-state index contributed by atoms with van der Waals surface area (Å²) in [5.41, 5.74) is -1.63. The molecule has 1 saturated carbocycles. The van der Waals surface area contributed by atoms with Gasteiger partial charge in [0.25, 0.3) is 0 Å². The van der Waals surface area contributed by atoms with Crippen LogP contribution in [-0.4, -0.2) is 107 Å². The van der Waals surface area contributed by atoms with Crippen molar-refractivity contribution in [2.75, 3.05) is 0 Å². The highest BCUT2D eigenvalue weighted by molar-refractivity contribution is 5.96. The number of esters is 6. The van der Waals surface area contributed by atoms with Crippen molar-refractivity contribution in [3.63, 3.8) is 0 Å². The number of halogens is 6. The first-order chi connectivity index (χ1) is 37.0. The van der Waals surface area contributed by atoms with Crippen LogP contribution in [0, 0.1) is 17.8 Å². The van der Waals surface area contributed by atoms with Gasteiger partial charge in [0.1, 0.15) is 34.7 Å². The number of alkyl halides is 6. The van der Waals surface area contributed by atoms with Crippen molar-refractivity contribution in [2.45, 2.75) is 175 Å². The number of hydrogen-bond donors (Lipinski definition) is 0. The molecule has 1 aliphatic carbocycles. The summed E-state index contributed by atoms with van der Waals surface area (Å²) in [5, 5.41) is 31.9. The average molecular weight is 1150 g/mol. The summed E-state index contributed by atoms with van der Waals surface area (Å²) in [6.07, 6.45) is -2.41. The molecule has 3 atom stereocenters. The first-order valence-electron chi connectivity index (χ1n) is 25.4. The standard InChI is InChI=1S/C20H24F2O6.C19H24F2O6.C18H22F2O6/c1-12(2)15(20(21,22)18(25)26)27-16(23)13-6-8-14(9-7-13)17(24)28-19(3)10-4-5-11-19;1-6-18(4,5)27-16(23)13-9-7-12(8-10-13)15(22)26-14(11(2)3)19(20,21)17(24)25;1-10(2)13(18(19,20)16(23)24)25-14(21)11-6-8-12(9-7-11)15(22)26-17(3,4)5/h6-9,12,15H,4-5,10-11H2,1-3H3,(H,25,26);7-11,14H,6H2,1-5H3,(H,24,25);6-10,13H,1-5H3,(H,23,24)/p-3. The molecule has 0 amide bonds.